The van der Waals surface area contributed by atoms with Gasteiger partial charge in [-0.3, -0.25) is 5.73 Å². The predicted octanol–water partition coefficient (Wildman–Crippen LogP) is 3.95. The summed E-state index contributed by atoms with van der Waals surface area (Å²) in [6.07, 6.45) is 9.32. The van der Waals surface area contributed by atoms with Crippen molar-refractivity contribution in [2.45, 2.75) is 70.2 Å². The van der Waals surface area contributed by atoms with E-state index < -0.39 is 5.79 Å². The largest absolute Gasteiger partial charge is 0.371 e. The van der Waals surface area contributed by atoms with Gasteiger partial charge in [-0.1, -0.05) is 13.0 Å². The normalized spacial score (nSPS) is 56.2. The van der Waals surface area contributed by atoms with Crippen LogP contribution in [0.1, 0.15) is 58.8 Å². The van der Waals surface area contributed by atoms with Crippen LogP contribution in [0.25, 0.3) is 0 Å². The van der Waals surface area contributed by atoms with E-state index in [2.05, 4.69) is 19.9 Å². The number of fused-ring (bicyclic) bond motifs is 5. The van der Waals surface area contributed by atoms with Gasteiger partial charge in [0.25, 0.3) is 0 Å². The van der Waals surface area contributed by atoms with Crippen molar-refractivity contribution < 1.29 is 9.13 Å². The van der Waals surface area contributed by atoms with E-state index in [1.165, 1.54) is 12.0 Å². The molecule has 118 valence electrons. The number of rotatable bonds is 0. The molecule has 0 aromatic carbocycles. The van der Waals surface area contributed by atoms with E-state index in [1.807, 2.05) is 0 Å². The molecule has 0 radical (unpaired) electrons. The Labute approximate surface area is 127 Å². The summed E-state index contributed by atoms with van der Waals surface area (Å²) < 4.78 is 21.1. The van der Waals surface area contributed by atoms with Crippen LogP contribution < -0.4 is 5.73 Å². The fourth-order valence-corrected chi connectivity index (χ4v) is 6.14. The van der Waals surface area contributed by atoms with Crippen LogP contribution in [0.3, 0.4) is 0 Å². The lowest BCUT2D eigenvalue weighted by atomic mass is 9.52. The molecule has 2 nitrogen and oxygen atoms in total. The maximum absolute atomic E-state index is 14.8. The molecular weight excluding hydrogens is 265 g/mol. The Bertz CT molecular complexity index is 488. The van der Waals surface area contributed by atoms with Gasteiger partial charge in [0.1, 0.15) is 0 Å². The molecule has 6 atom stereocenters. The monoisotopic (exact) mass is 293 g/mol. The quantitative estimate of drug-likeness (QED) is 0.542. The Morgan fingerprint density at radius 3 is 2.81 bits per heavy atom. The Balaban J connectivity index is 1.71. The molecule has 0 bridgehead atoms. The van der Waals surface area contributed by atoms with Gasteiger partial charge in [-0.05, 0) is 75.2 Å². The molecule has 3 fully saturated rings. The van der Waals surface area contributed by atoms with Crippen molar-refractivity contribution in [1.29, 1.82) is 0 Å². The number of allylic oxidation sites excluding steroid dienone is 1. The van der Waals surface area contributed by atoms with Crippen LogP contribution in [0, 0.1) is 23.2 Å². The van der Waals surface area contributed by atoms with Gasteiger partial charge in [-0.2, -0.15) is 0 Å². The van der Waals surface area contributed by atoms with Crippen LogP contribution in [-0.4, -0.2) is 18.0 Å². The van der Waals surface area contributed by atoms with Crippen molar-refractivity contribution in [3.8, 4) is 0 Å². The lowest BCUT2D eigenvalue weighted by Crippen LogP contribution is -2.58. The number of ether oxygens (including phenoxy) is 1. The first kappa shape index (κ1) is 14.2. The van der Waals surface area contributed by atoms with E-state index in [4.69, 9.17) is 10.5 Å². The van der Waals surface area contributed by atoms with Gasteiger partial charge in [0.2, 0.25) is 0 Å². The van der Waals surface area contributed by atoms with Crippen molar-refractivity contribution in [2.75, 3.05) is 6.61 Å². The molecular formula is C18H28FNO. The second kappa shape index (κ2) is 4.32. The molecule has 2 saturated carbocycles. The molecule has 3 heteroatoms. The molecule has 4 aliphatic rings. The molecule has 1 saturated heterocycles. The number of alkyl halides is 1. The maximum Gasteiger partial charge on any atom is 0.164 e. The summed E-state index contributed by atoms with van der Waals surface area (Å²) in [5.41, 5.74) is 7.14. The third kappa shape index (κ3) is 1.71. The van der Waals surface area contributed by atoms with Crippen molar-refractivity contribution in [1.82, 2.24) is 0 Å². The first-order valence-electron chi connectivity index (χ1n) is 8.70. The highest BCUT2D eigenvalue weighted by Gasteiger charge is 2.63. The van der Waals surface area contributed by atoms with Crippen LogP contribution in [0.5, 0.6) is 0 Å². The molecule has 0 amide bonds. The highest BCUT2D eigenvalue weighted by atomic mass is 19.1. The first-order chi connectivity index (χ1) is 9.88. The SMILES string of the molecule is C[C@]12OCCCC1=CC[C@@H]1[C@H]2CC[C@@]2(C)[C@H]1CCC2(N)F. The minimum Gasteiger partial charge on any atom is -0.371 e. The zero-order valence-electron chi connectivity index (χ0n) is 13.3. The Hall–Kier alpha value is -0.410. The molecule has 0 spiro atoms. The van der Waals surface area contributed by atoms with Gasteiger partial charge in [0.05, 0.1) is 5.60 Å². The van der Waals surface area contributed by atoms with Crippen LogP contribution >= 0.6 is 0 Å². The van der Waals surface area contributed by atoms with E-state index in [-0.39, 0.29) is 11.0 Å². The molecule has 4 rings (SSSR count). The average Bonchev–Trinajstić information content (AvgIpc) is 2.69. The molecule has 1 unspecified atom stereocenters. The van der Waals surface area contributed by atoms with E-state index in [0.29, 0.717) is 24.2 Å². The fraction of sp³-hybridized carbons (Fsp3) is 0.889. The second-order valence-corrected chi connectivity index (χ2v) is 8.26. The van der Waals surface area contributed by atoms with E-state index in [0.717, 1.165) is 38.7 Å². The standard InChI is InChI=1S/C18H28FNO/c1-16-9-7-15-13(14(16)8-10-18(16,19)20)6-5-12-4-3-11-21-17(12,15)2/h5,13-15H,3-4,6-11,20H2,1-2H3/t13-,14-,15+,16-,17-,18?/m0/s1. The van der Waals surface area contributed by atoms with Gasteiger partial charge in [-0.25, -0.2) is 4.39 Å². The summed E-state index contributed by atoms with van der Waals surface area (Å²) in [6, 6.07) is 0. The lowest BCUT2D eigenvalue weighted by molar-refractivity contribution is -0.140. The maximum atomic E-state index is 14.8. The molecule has 0 aromatic heterocycles. The summed E-state index contributed by atoms with van der Waals surface area (Å²) in [6.45, 7) is 5.27. The van der Waals surface area contributed by atoms with Gasteiger partial charge in [0, 0.05) is 12.0 Å². The molecule has 2 N–H and O–H groups in total. The molecule has 21 heavy (non-hydrogen) atoms. The first-order valence-corrected chi connectivity index (χ1v) is 8.70. The number of hydrogen-bond donors (Lipinski definition) is 1. The number of hydrogen-bond acceptors (Lipinski definition) is 2. The average molecular weight is 293 g/mol. The number of halogens is 1. The van der Waals surface area contributed by atoms with Crippen molar-refractivity contribution >= 4 is 0 Å². The summed E-state index contributed by atoms with van der Waals surface area (Å²) in [7, 11) is 0. The van der Waals surface area contributed by atoms with E-state index in [9.17, 15) is 4.39 Å². The fourth-order valence-electron chi connectivity index (χ4n) is 6.14. The van der Waals surface area contributed by atoms with E-state index >= 15 is 0 Å². The summed E-state index contributed by atoms with van der Waals surface area (Å²) in [4.78, 5) is 0. The molecule has 0 aromatic rings. The zero-order chi connectivity index (χ0) is 14.9. The smallest absolute Gasteiger partial charge is 0.164 e. The summed E-state index contributed by atoms with van der Waals surface area (Å²) in [5.74, 6) is 0.0639. The third-order valence-electron chi connectivity index (χ3n) is 7.57. The van der Waals surface area contributed by atoms with E-state index in [1.54, 1.807) is 0 Å². The van der Waals surface area contributed by atoms with Gasteiger partial charge in [0.15, 0.2) is 5.79 Å². The summed E-state index contributed by atoms with van der Waals surface area (Å²) >= 11 is 0. The highest BCUT2D eigenvalue weighted by molar-refractivity contribution is 5.26. The minimum atomic E-state index is -1.47. The Morgan fingerprint density at radius 1 is 1.24 bits per heavy atom. The van der Waals surface area contributed by atoms with Crippen LogP contribution in [0.4, 0.5) is 4.39 Å². The number of nitrogens with two attached hydrogens (primary N) is 1. The van der Waals surface area contributed by atoms with Crippen molar-refractivity contribution in [3.63, 3.8) is 0 Å². The molecule has 1 aliphatic heterocycles. The second-order valence-electron chi connectivity index (χ2n) is 8.26. The van der Waals surface area contributed by atoms with Gasteiger partial charge >= 0.3 is 0 Å². The van der Waals surface area contributed by atoms with Crippen LogP contribution in [0.15, 0.2) is 11.6 Å². The molecule has 1 heterocycles. The Morgan fingerprint density at radius 2 is 2.00 bits per heavy atom. The minimum absolute atomic E-state index is 0.0847. The zero-order valence-corrected chi connectivity index (χ0v) is 13.3. The highest BCUT2D eigenvalue weighted by Crippen LogP contribution is 2.64. The van der Waals surface area contributed by atoms with Gasteiger partial charge < -0.3 is 4.74 Å². The molecule has 3 aliphatic carbocycles. The van der Waals surface area contributed by atoms with Crippen molar-refractivity contribution in [3.05, 3.63) is 11.6 Å². The van der Waals surface area contributed by atoms with Crippen LogP contribution in [0.2, 0.25) is 0 Å². The summed E-state index contributed by atoms with van der Waals surface area (Å²) in [5, 5.41) is 0. The predicted molar refractivity (Wildman–Crippen MR) is 81.4 cm³/mol. The topological polar surface area (TPSA) is 35.2 Å². The third-order valence-corrected chi connectivity index (χ3v) is 7.57. The lowest BCUT2D eigenvalue weighted by Gasteiger charge is -2.57. The van der Waals surface area contributed by atoms with Crippen molar-refractivity contribution in [2.24, 2.45) is 28.9 Å². The van der Waals surface area contributed by atoms with Crippen LogP contribution in [-0.2, 0) is 4.74 Å². The Kier molecular flexibility index (Phi) is 2.92. The van der Waals surface area contributed by atoms with Gasteiger partial charge in [-0.15, -0.1) is 0 Å².